The van der Waals surface area contributed by atoms with Gasteiger partial charge >= 0.3 is 0 Å². The maximum atomic E-state index is 11.0. The molecule has 0 aliphatic heterocycles. The predicted molar refractivity (Wildman–Crippen MR) is 87.5 cm³/mol. The molecule has 0 aliphatic carbocycles. The summed E-state index contributed by atoms with van der Waals surface area (Å²) >= 11 is 0. The minimum Gasteiger partial charge on any atom is -0.330 e. The van der Waals surface area contributed by atoms with Crippen molar-refractivity contribution in [3.05, 3.63) is 64.7 Å². The first-order valence-electron chi connectivity index (χ1n) is 7.23. The van der Waals surface area contributed by atoms with Crippen LogP contribution < -0.4 is 11.1 Å². The number of aryl methyl sites for hydroxylation is 1. The highest BCUT2D eigenvalue weighted by atomic mass is 16.1. The van der Waals surface area contributed by atoms with Gasteiger partial charge in [-0.25, -0.2) is 0 Å². The number of carbonyl (C=O) groups excluding carboxylic acids is 1. The third-order valence-electron chi connectivity index (χ3n) is 3.51. The van der Waals surface area contributed by atoms with Gasteiger partial charge in [0.1, 0.15) is 0 Å². The summed E-state index contributed by atoms with van der Waals surface area (Å²) in [7, 11) is 0. The van der Waals surface area contributed by atoms with Gasteiger partial charge in [0, 0.05) is 12.6 Å². The zero-order valence-corrected chi connectivity index (χ0v) is 12.6. The van der Waals surface area contributed by atoms with Crippen LogP contribution in [0.25, 0.3) is 0 Å². The van der Waals surface area contributed by atoms with Crippen LogP contribution in [0.4, 0.5) is 5.69 Å². The molecule has 0 heterocycles. The van der Waals surface area contributed by atoms with Gasteiger partial charge in [-0.05, 0) is 60.7 Å². The molecule has 0 atom stereocenters. The van der Waals surface area contributed by atoms with E-state index in [0.29, 0.717) is 6.54 Å². The molecule has 0 radical (unpaired) electrons. The van der Waals surface area contributed by atoms with Gasteiger partial charge in [0.15, 0.2) is 0 Å². The van der Waals surface area contributed by atoms with Crippen molar-refractivity contribution in [2.24, 2.45) is 5.73 Å². The Morgan fingerprint density at radius 3 is 2.33 bits per heavy atom. The van der Waals surface area contributed by atoms with Crippen LogP contribution in [-0.4, -0.2) is 12.5 Å². The smallest absolute Gasteiger partial charge is 0.221 e. The summed E-state index contributed by atoms with van der Waals surface area (Å²) in [4.78, 5) is 11.0. The number of nitrogens with one attached hydrogen (secondary N) is 1. The van der Waals surface area contributed by atoms with Gasteiger partial charge < -0.3 is 11.1 Å². The Hall–Kier alpha value is -2.13. The van der Waals surface area contributed by atoms with E-state index in [-0.39, 0.29) is 5.91 Å². The fraction of sp³-hybridized carbons (Fsp3) is 0.278. The van der Waals surface area contributed by atoms with Crippen molar-refractivity contribution >= 4 is 11.6 Å². The minimum atomic E-state index is -0.0471. The Morgan fingerprint density at radius 1 is 1.10 bits per heavy atom. The summed E-state index contributed by atoms with van der Waals surface area (Å²) in [6.45, 7) is 4.34. The molecule has 0 saturated heterocycles. The van der Waals surface area contributed by atoms with E-state index < -0.39 is 0 Å². The number of carbonyl (C=O) groups is 1. The molecular formula is C18H22N2O. The van der Waals surface area contributed by atoms with Crippen molar-refractivity contribution in [2.45, 2.75) is 26.7 Å². The highest BCUT2D eigenvalue weighted by Gasteiger charge is 2.03. The number of hydrogen-bond acceptors (Lipinski definition) is 2. The lowest BCUT2D eigenvalue weighted by Gasteiger charge is -2.09. The molecule has 2 aromatic rings. The van der Waals surface area contributed by atoms with Crippen LogP contribution in [0, 0.1) is 6.92 Å². The van der Waals surface area contributed by atoms with Crippen LogP contribution in [0.5, 0.6) is 0 Å². The lowest BCUT2D eigenvalue weighted by Crippen LogP contribution is -2.05. The summed E-state index contributed by atoms with van der Waals surface area (Å²) in [5.74, 6) is -0.0471. The van der Waals surface area contributed by atoms with E-state index in [1.165, 1.54) is 29.2 Å². The molecule has 2 rings (SSSR count). The van der Waals surface area contributed by atoms with E-state index in [4.69, 9.17) is 5.73 Å². The molecule has 3 heteroatoms. The molecule has 21 heavy (non-hydrogen) atoms. The van der Waals surface area contributed by atoms with Crippen LogP contribution in [0.3, 0.4) is 0 Å². The topological polar surface area (TPSA) is 55.1 Å². The summed E-state index contributed by atoms with van der Waals surface area (Å²) in [6, 6.07) is 14.5. The molecule has 3 N–H and O–H groups in total. The van der Waals surface area contributed by atoms with E-state index in [0.717, 1.165) is 18.5 Å². The van der Waals surface area contributed by atoms with Gasteiger partial charge in [-0.3, -0.25) is 4.79 Å². The van der Waals surface area contributed by atoms with Gasteiger partial charge in [0.2, 0.25) is 5.91 Å². The maximum Gasteiger partial charge on any atom is 0.221 e. The third kappa shape index (κ3) is 4.43. The van der Waals surface area contributed by atoms with Gasteiger partial charge in [-0.1, -0.05) is 30.3 Å². The number of hydrogen-bond donors (Lipinski definition) is 2. The van der Waals surface area contributed by atoms with Gasteiger partial charge in [-0.2, -0.15) is 0 Å². The number of benzene rings is 2. The van der Waals surface area contributed by atoms with Crippen molar-refractivity contribution < 1.29 is 4.79 Å². The third-order valence-corrected chi connectivity index (χ3v) is 3.51. The molecule has 0 fully saturated rings. The first-order valence-corrected chi connectivity index (χ1v) is 7.23. The Labute approximate surface area is 126 Å². The summed E-state index contributed by atoms with van der Waals surface area (Å²) in [6.07, 6.45) is 1.82. The van der Waals surface area contributed by atoms with Crippen LogP contribution in [-0.2, 0) is 17.6 Å². The van der Waals surface area contributed by atoms with Crippen molar-refractivity contribution in [2.75, 3.05) is 11.9 Å². The van der Waals surface area contributed by atoms with Crippen LogP contribution >= 0.6 is 0 Å². The number of rotatable bonds is 5. The van der Waals surface area contributed by atoms with E-state index in [1.54, 1.807) is 0 Å². The molecule has 0 unspecified atom stereocenters. The zero-order valence-electron chi connectivity index (χ0n) is 12.6. The second-order valence-corrected chi connectivity index (χ2v) is 5.35. The first kappa shape index (κ1) is 15.3. The van der Waals surface area contributed by atoms with Crippen molar-refractivity contribution in [1.29, 1.82) is 0 Å². The average Bonchev–Trinajstić information content (AvgIpc) is 2.44. The number of anilines is 1. The number of nitrogens with two attached hydrogens (primary N) is 1. The van der Waals surface area contributed by atoms with Gasteiger partial charge in [0.05, 0.1) is 0 Å². The van der Waals surface area contributed by atoms with Crippen LogP contribution in [0.1, 0.15) is 29.2 Å². The molecule has 0 saturated carbocycles. The fourth-order valence-electron chi connectivity index (χ4n) is 2.41. The minimum absolute atomic E-state index is 0.0471. The molecule has 3 nitrogen and oxygen atoms in total. The molecule has 2 aromatic carbocycles. The predicted octanol–water partition coefficient (Wildman–Crippen LogP) is 3.05. The van der Waals surface area contributed by atoms with Crippen molar-refractivity contribution in [3.8, 4) is 0 Å². The second kappa shape index (κ2) is 7.04. The highest BCUT2D eigenvalue weighted by molar-refractivity contribution is 5.88. The molecule has 0 bridgehead atoms. The standard InChI is InChI=1S/C18H22N2O/c1-13-11-16(9-10-19)3-6-17(13)12-15-4-7-18(8-5-15)20-14(2)21/h3-8,11H,9-10,12,19H2,1-2H3,(H,20,21). The SMILES string of the molecule is CC(=O)Nc1ccc(Cc2ccc(CCN)cc2C)cc1. The molecule has 0 spiro atoms. The molecule has 1 amide bonds. The van der Waals surface area contributed by atoms with Gasteiger partial charge in [0.25, 0.3) is 0 Å². The zero-order chi connectivity index (χ0) is 15.2. The maximum absolute atomic E-state index is 11.0. The van der Waals surface area contributed by atoms with E-state index in [1.807, 2.05) is 12.1 Å². The monoisotopic (exact) mass is 282 g/mol. The average molecular weight is 282 g/mol. The second-order valence-electron chi connectivity index (χ2n) is 5.35. The van der Waals surface area contributed by atoms with Crippen LogP contribution in [0.2, 0.25) is 0 Å². The van der Waals surface area contributed by atoms with E-state index in [9.17, 15) is 4.79 Å². The van der Waals surface area contributed by atoms with Gasteiger partial charge in [-0.15, -0.1) is 0 Å². The molecular weight excluding hydrogens is 260 g/mol. The quantitative estimate of drug-likeness (QED) is 0.885. The summed E-state index contributed by atoms with van der Waals surface area (Å²) < 4.78 is 0. The molecule has 0 aliphatic rings. The summed E-state index contributed by atoms with van der Waals surface area (Å²) in [5.41, 5.74) is 11.6. The Bertz CT molecular complexity index is 618. The van der Waals surface area contributed by atoms with Crippen molar-refractivity contribution in [1.82, 2.24) is 0 Å². The summed E-state index contributed by atoms with van der Waals surface area (Å²) in [5, 5.41) is 2.78. The Morgan fingerprint density at radius 2 is 1.76 bits per heavy atom. The lowest BCUT2D eigenvalue weighted by molar-refractivity contribution is -0.114. The van der Waals surface area contributed by atoms with Crippen LogP contribution in [0.15, 0.2) is 42.5 Å². The highest BCUT2D eigenvalue weighted by Crippen LogP contribution is 2.17. The van der Waals surface area contributed by atoms with Crippen molar-refractivity contribution in [3.63, 3.8) is 0 Å². The van der Waals surface area contributed by atoms with E-state index in [2.05, 4.69) is 42.6 Å². The molecule has 110 valence electrons. The normalized spacial score (nSPS) is 10.4. The Kier molecular flexibility index (Phi) is 5.12. The number of amides is 1. The van der Waals surface area contributed by atoms with E-state index >= 15 is 0 Å². The first-order chi connectivity index (χ1) is 10.1. The molecule has 0 aromatic heterocycles. The Balaban J connectivity index is 2.09. The fourth-order valence-corrected chi connectivity index (χ4v) is 2.41. The largest absolute Gasteiger partial charge is 0.330 e. The lowest BCUT2D eigenvalue weighted by atomic mass is 9.97.